The third kappa shape index (κ3) is 4.08. The van der Waals surface area contributed by atoms with Crippen LogP contribution in [0, 0.1) is 11.8 Å². The van der Waals surface area contributed by atoms with Gasteiger partial charge in [-0.2, -0.15) is 0 Å². The zero-order valence-electron chi connectivity index (χ0n) is 14.1. The molecule has 0 fully saturated rings. The summed E-state index contributed by atoms with van der Waals surface area (Å²) >= 11 is 0. The van der Waals surface area contributed by atoms with E-state index in [1.165, 1.54) is 9.80 Å². The fraction of sp³-hybridized carbons (Fsp3) is 0.688. The van der Waals surface area contributed by atoms with Crippen molar-refractivity contribution in [3.63, 3.8) is 0 Å². The van der Waals surface area contributed by atoms with E-state index >= 15 is 0 Å². The second kappa shape index (κ2) is 7.42. The molecule has 2 atom stereocenters. The average molecular weight is 309 g/mol. The zero-order chi connectivity index (χ0) is 17.0. The molecule has 1 heterocycles. The standard InChI is InChI=1S/C16H27N3O3/c1-10(2)9-13(14(17)20)18(5)16(22)12-7-6-8-19(12)15(21)11(3)4/h6-7,10-13H,8-9H2,1-5H3,(H2,17,20)/t12-,13?/m1/s1. The Hall–Kier alpha value is -1.85. The lowest BCUT2D eigenvalue weighted by atomic mass is 10.0. The van der Waals surface area contributed by atoms with Crippen molar-refractivity contribution in [3.05, 3.63) is 12.2 Å². The van der Waals surface area contributed by atoms with Crippen molar-refractivity contribution in [2.45, 2.75) is 46.2 Å². The summed E-state index contributed by atoms with van der Waals surface area (Å²) in [5.74, 6) is -0.805. The summed E-state index contributed by atoms with van der Waals surface area (Å²) < 4.78 is 0. The topological polar surface area (TPSA) is 83.7 Å². The number of rotatable bonds is 6. The third-order valence-corrected chi connectivity index (χ3v) is 3.82. The molecular weight excluding hydrogens is 282 g/mol. The lowest BCUT2D eigenvalue weighted by molar-refractivity contribution is -0.146. The number of carbonyl (C=O) groups is 3. The first-order valence-corrected chi connectivity index (χ1v) is 7.69. The smallest absolute Gasteiger partial charge is 0.249 e. The second-order valence-corrected chi connectivity index (χ2v) is 6.52. The van der Waals surface area contributed by atoms with Crippen molar-refractivity contribution in [2.24, 2.45) is 17.6 Å². The number of nitrogens with two attached hydrogens (primary N) is 1. The van der Waals surface area contributed by atoms with E-state index < -0.39 is 18.0 Å². The van der Waals surface area contributed by atoms with Gasteiger partial charge < -0.3 is 15.5 Å². The minimum absolute atomic E-state index is 0.0729. The first kappa shape index (κ1) is 18.2. The molecule has 124 valence electrons. The number of likely N-dealkylation sites (N-methyl/N-ethyl adjacent to an activating group) is 1. The minimum atomic E-state index is -0.655. The third-order valence-electron chi connectivity index (χ3n) is 3.82. The Balaban J connectivity index is 2.90. The van der Waals surface area contributed by atoms with Gasteiger partial charge in [0.15, 0.2) is 0 Å². The number of carbonyl (C=O) groups excluding carboxylic acids is 3. The summed E-state index contributed by atoms with van der Waals surface area (Å²) in [5.41, 5.74) is 5.43. The maximum absolute atomic E-state index is 12.7. The molecule has 1 rings (SSSR count). The van der Waals surface area contributed by atoms with E-state index in [1.807, 2.05) is 13.8 Å². The van der Waals surface area contributed by atoms with Crippen LogP contribution in [0.5, 0.6) is 0 Å². The van der Waals surface area contributed by atoms with E-state index in [4.69, 9.17) is 5.73 Å². The first-order chi connectivity index (χ1) is 10.2. The van der Waals surface area contributed by atoms with E-state index in [1.54, 1.807) is 33.0 Å². The summed E-state index contributed by atoms with van der Waals surface area (Å²) in [6.07, 6.45) is 4.02. The number of primary amides is 1. The SMILES string of the molecule is CC(C)CC(C(N)=O)N(C)C(=O)[C@H]1C=CCN1C(=O)C(C)C. The lowest BCUT2D eigenvalue weighted by Crippen LogP contribution is -2.53. The minimum Gasteiger partial charge on any atom is -0.368 e. The molecule has 1 aliphatic heterocycles. The first-order valence-electron chi connectivity index (χ1n) is 7.69. The molecule has 0 aromatic rings. The van der Waals surface area contributed by atoms with Gasteiger partial charge in [-0.15, -0.1) is 0 Å². The molecular formula is C16H27N3O3. The van der Waals surface area contributed by atoms with Gasteiger partial charge in [-0.25, -0.2) is 0 Å². The van der Waals surface area contributed by atoms with Crippen LogP contribution in [0.15, 0.2) is 12.2 Å². The molecule has 0 aromatic carbocycles. The summed E-state index contributed by atoms with van der Waals surface area (Å²) in [6, 6.07) is -1.30. The van der Waals surface area contributed by atoms with E-state index in [0.29, 0.717) is 13.0 Å². The van der Waals surface area contributed by atoms with Gasteiger partial charge in [-0.1, -0.05) is 39.8 Å². The van der Waals surface area contributed by atoms with Crippen LogP contribution in [0.1, 0.15) is 34.1 Å². The van der Waals surface area contributed by atoms with Crippen LogP contribution in [0.3, 0.4) is 0 Å². The highest BCUT2D eigenvalue weighted by atomic mass is 16.2. The highest BCUT2D eigenvalue weighted by Gasteiger charge is 2.36. The molecule has 0 saturated heterocycles. The fourth-order valence-corrected chi connectivity index (χ4v) is 2.57. The Morgan fingerprint density at radius 1 is 1.27 bits per heavy atom. The van der Waals surface area contributed by atoms with Crippen molar-refractivity contribution in [1.29, 1.82) is 0 Å². The van der Waals surface area contributed by atoms with E-state index in [-0.39, 0.29) is 23.7 Å². The predicted molar refractivity (Wildman–Crippen MR) is 84.7 cm³/mol. The summed E-state index contributed by atoms with van der Waals surface area (Å²) in [4.78, 5) is 39.4. The predicted octanol–water partition coefficient (Wildman–Crippen LogP) is 0.768. The van der Waals surface area contributed by atoms with Crippen molar-refractivity contribution < 1.29 is 14.4 Å². The molecule has 0 aliphatic carbocycles. The molecule has 1 unspecified atom stereocenters. The number of amides is 3. The summed E-state index contributed by atoms with van der Waals surface area (Å²) in [6.45, 7) is 7.97. The number of nitrogens with zero attached hydrogens (tertiary/aromatic N) is 2. The molecule has 0 saturated carbocycles. The molecule has 22 heavy (non-hydrogen) atoms. The fourth-order valence-electron chi connectivity index (χ4n) is 2.57. The van der Waals surface area contributed by atoms with Gasteiger partial charge in [0, 0.05) is 19.5 Å². The van der Waals surface area contributed by atoms with Crippen LogP contribution in [0.4, 0.5) is 0 Å². The molecule has 1 aliphatic rings. The van der Waals surface area contributed by atoms with Crippen molar-refractivity contribution >= 4 is 17.7 Å². The van der Waals surface area contributed by atoms with Crippen LogP contribution in [-0.4, -0.2) is 53.2 Å². The van der Waals surface area contributed by atoms with E-state index in [9.17, 15) is 14.4 Å². The quantitative estimate of drug-likeness (QED) is 0.736. The van der Waals surface area contributed by atoms with Crippen molar-refractivity contribution in [2.75, 3.05) is 13.6 Å². The van der Waals surface area contributed by atoms with Gasteiger partial charge in [0.05, 0.1) is 0 Å². The van der Waals surface area contributed by atoms with Gasteiger partial charge in [-0.3, -0.25) is 14.4 Å². The van der Waals surface area contributed by atoms with Crippen LogP contribution in [-0.2, 0) is 14.4 Å². The van der Waals surface area contributed by atoms with Crippen molar-refractivity contribution in [3.8, 4) is 0 Å². The Morgan fingerprint density at radius 2 is 1.86 bits per heavy atom. The highest BCUT2D eigenvalue weighted by molar-refractivity contribution is 5.93. The second-order valence-electron chi connectivity index (χ2n) is 6.52. The Kier molecular flexibility index (Phi) is 6.14. The van der Waals surface area contributed by atoms with Crippen LogP contribution >= 0.6 is 0 Å². The largest absolute Gasteiger partial charge is 0.368 e. The van der Waals surface area contributed by atoms with Gasteiger partial charge in [0.2, 0.25) is 17.7 Å². The van der Waals surface area contributed by atoms with Gasteiger partial charge >= 0.3 is 0 Å². The highest BCUT2D eigenvalue weighted by Crippen LogP contribution is 2.18. The van der Waals surface area contributed by atoms with Crippen molar-refractivity contribution in [1.82, 2.24) is 9.80 Å². The summed E-state index contributed by atoms with van der Waals surface area (Å²) in [5, 5.41) is 0. The van der Waals surface area contributed by atoms with Crippen LogP contribution in [0.2, 0.25) is 0 Å². The van der Waals surface area contributed by atoms with Gasteiger partial charge in [-0.05, 0) is 12.3 Å². The summed E-state index contributed by atoms with van der Waals surface area (Å²) in [7, 11) is 1.57. The van der Waals surface area contributed by atoms with Gasteiger partial charge in [0.1, 0.15) is 12.1 Å². The average Bonchev–Trinajstić information content (AvgIpc) is 2.90. The molecule has 2 N–H and O–H groups in total. The van der Waals surface area contributed by atoms with Crippen LogP contribution in [0.25, 0.3) is 0 Å². The van der Waals surface area contributed by atoms with Crippen LogP contribution < -0.4 is 5.73 Å². The number of hydrogen-bond acceptors (Lipinski definition) is 3. The van der Waals surface area contributed by atoms with E-state index in [0.717, 1.165) is 0 Å². The number of hydrogen-bond donors (Lipinski definition) is 1. The Labute approximate surface area is 132 Å². The lowest BCUT2D eigenvalue weighted by Gasteiger charge is -2.32. The molecule has 0 aromatic heterocycles. The molecule has 0 spiro atoms. The molecule has 0 bridgehead atoms. The maximum Gasteiger partial charge on any atom is 0.249 e. The molecule has 6 heteroatoms. The Morgan fingerprint density at radius 3 is 2.32 bits per heavy atom. The monoisotopic (exact) mass is 309 g/mol. The molecule has 0 radical (unpaired) electrons. The normalized spacial score (nSPS) is 18.9. The van der Waals surface area contributed by atoms with E-state index in [2.05, 4.69) is 0 Å². The maximum atomic E-state index is 12.7. The zero-order valence-corrected chi connectivity index (χ0v) is 14.1. The molecule has 6 nitrogen and oxygen atoms in total. The molecule has 3 amide bonds. The van der Waals surface area contributed by atoms with Gasteiger partial charge in [0.25, 0.3) is 0 Å². The Bertz CT molecular complexity index is 471.